The molecule has 1 saturated heterocycles. The number of carbonyl (C=O) groups excluding carboxylic acids is 1. The van der Waals surface area contributed by atoms with Crippen molar-refractivity contribution < 1.29 is 9.53 Å². The quantitative estimate of drug-likeness (QED) is 0.855. The number of ether oxygens (including phenoxy) is 1. The molecule has 0 saturated carbocycles. The topological polar surface area (TPSA) is 58.6 Å². The summed E-state index contributed by atoms with van der Waals surface area (Å²) in [7, 11) is 1.63. The molecule has 0 radical (unpaired) electrons. The van der Waals surface area contributed by atoms with Gasteiger partial charge in [0.25, 0.3) is 5.91 Å². The van der Waals surface area contributed by atoms with Crippen molar-refractivity contribution in [1.82, 2.24) is 19.4 Å². The average molecular weight is 332 g/mol. The van der Waals surface area contributed by atoms with Crippen molar-refractivity contribution in [1.29, 1.82) is 0 Å². The van der Waals surface area contributed by atoms with Crippen molar-refractivity contribution in [3.63, 3.8) is 0 Å². The Morgan fingerprint density at radius 2 is 2.09 bits per heavy atom. The lowest BCUT2D eigenvalue weighted by Crippen LogP contribution is -2.48. The predicted molar refractivity (Wildman–Crippen MR) is 88.8 cm³/mol. The van der Waals surface area contributed by atoms with Crippen LogP contribution >= 0.6 is 11.5 Å². The monoisotopic (exact) mass is 332 g/mol. The molecule has 122 valence electrons. The summed E-state index contributed by atoms with van der Waals surface area (Å²) in [6, 6.07) is 5.62. The van der Waals surface area contributed by atoms with Crippen LogP contribution in [0.2, 0.25) is 0 Å². The molecule has 2 aromatic rings. The van der Waals surface area contributed by atoms with E-state index in [1.54, 1.807) is 7.11 Å². The van der Waals surface area contributed by atoms with Crippen LogP contribution in [0.4, 0.5) is 0 Å². The fourth-order valence-electron chi connectivity index (χ4n) is 2.73. The van der Waals surface area contributed by atoms with Crippen molar-refractivity contribution in [2.75, 3.05) is 33.3 Å². The van der Waals surface area contributed by atoms with Crippen molar-refractivity contribution in [2.45, 2.75) is 13.5 Å². The molecule has 1 aromatic carbocycles. The lowest BCUT2D eigenvalue weighted by molar-refractivity contribution is 0.0626. The Bertz CT molecular complexity index is 667. The maximum atomic E-state index is 12.6. The zero-order valence-corrected chi connectivity index (χ0v) is 14.2. The van der Waals surface area contributed by atoms with Crippen LogP contribution in [0.3, 0.4) is 0 Å². The van der Waals surface area contributed by atoms with Gasteiger partial charge >= 0.3 is 0 Å². The second kappa shape index (κ2) is 7.06. The molecule has 0 N–H and O–H groups in total. The number of benzene rings is 1. The van der Waals surface area contributed by atoms with Gasteiger partial charge in [-0.05, 0) is 36.2 Å². The molecule has 3 rings (SSSR count). The second-order valence-corrected chi connectivity index (χ2v) is 6.26. The van der Waals surface area contributed by atoms with Crippen LogP contribution in [0.15, 0.2) is 23.6 Å². The molecule has 1 amide bonds. The van der Waals surface area contributed by atoms with Gasteiger partial charge in [-0.1, -0.05) is 10.6 Å². The first-order chi connectivity index (χ1) is 11.2. The first kappa shape index (κ1) is 15.9. The summed E-state index contributed by atoms with van der Waals surface area (Å²) in [6.07, 6.45) is 0. The molecule has 1 fully saturated rings. The van der Waals surface area contributed by atoms with Gasteiger partial charge in [-0.3, -0.25) is 9.69 Å². The molecule has 0 unspecified atom stereocenters. The summed E-state index contributed by atoms with van der Waals surface area (Å²) in [4.78, 5) is 16.8. The number of piperazine rings is 1. The first-order valence-corrected chi connectivity index (χ1v) is 8.43. The fourth-order valence-corrected chi connectivity index (χ4v) is 3.17. The van der Waals surface area contributed by atoms with E-state index >= 15 is 0 Å². The highest BCUT2D eigenvalue weighted by Gasteiger charge is 2.23. The van der Waals surface area contributed by atoms with Crippen molar-refractivity contribution >= 4 is 17.4 Å². The van der Waals surface area contributed by atoms with E-state index < -0.39 is 0 Å². The van der Waals surface area contributed by atoms with E-state index in [0.29, 0.717) is 5.56 Å². The van der Waals surface area contributed by atoms with Gasteiger partial charge < -0.3 is 9.64 Å². The van der Waals surface area contributed by atoms with E-state index in [2.05, 4.69) is 14.5 Å². The normalized spacial score (nSPS) is 15.7. The van der Waals surface area contributed by atoms with Gasteiger partial charge in [0.2, 0.25) is 0 Å². The molecule has 7 heteroatoms. The van der Waals surface area contributed by atoms with Crippen LogP contribution in [0.1, 0.15) is 21.6 Å². The summed E-state index contributed by atoms with van der Waals surface area (Å²) in [5.41, 5.74) is 2.72. The Hall–Kier alpha value is -1.99. The van der Waals surface area contributed by atoms with Crippen LogP contribution in [0.5, 0.6) is 5.75 Å². The smallest absolute Gasteiger partial charge is 0.254 e. The Balaban J connectivity index is 1.59. The van der Waals surface area contributed by atoms with Gasteiger partial charge in [0, 0.05) is 43.7 Å². The van der Waals surface area contributed by atoms with Crippen molar-refractivity contribution in [3.8, 4) is 5.75 Å². The van der Waals surface area contributed by atoms with Crippen molar-refractivity contribution in [2.24, 2.45) is 0 Å². The van der Waals surface area contributed by atoms with Crippen LogP contribution in [0.25, 0.3) is 0 Å². The van der Waals surface area contributed by atoms with Crippen LogP contribution < -0.4 is 4.74 Å². The van der Waals surface area contributed by atoms with E-state index in [0.717, 1.165) is 49.7 Å². The van der Waals surface area contributed by atoms with Gasteiger partial charge in [-0.2, -0.15) is 0 Å². The Morgan fingerprint density at radius 1 is 1.30 bits per heavy atom. The number of hydrogen-bond acceptors (Lipinski definition) is 6. The fraction of sp³-hybridized carbons (Fsp3) is 0.438. The third kappa shape index (κ3) is 3.68. The molecule has 23 heavy (non-hydrogen) atoms. The van der Waals surface area contributed by atoms with Crippen LogP contribution in [0, 0.1) is 6.92 Å². The van der Waals surface area contributed by atoms with E-state index in [-0.39, 0.29) is 5.91 Å². The number of methoxy groups -OCH3 is 1. The van der Waals surface area contributed by atoms with E-state index in [4.69, 9.17) is 4.74 Å². The standard InChI is InChI=1S/C16H20N4O2S/c1-12-3-4-13(9-15(12)22-2)16(21)20-7-5-19(6-8-20)10-14-11-23-18-17-14/h3-4,9,11H,5-8,10H2,1-2H3. The molecule has 6 nitrogen and oxygen atoms in total. The number of rotatable bonds is 4. The van der Waals surface area contributed by atoms with E-state index in [1.165, 1.54) is 11.5 Å². The first-order valence-electron chi connectivity index (χ1n) is 7.59. The Labute approximate surface area is 139 Å². The molecule has 1 aliphatic rings. The number of carbonyl (C=O) groups is 1. The highest BCUT2D eigenvalue weighted by atomic mass is 32.1. The maximum Gasteiger partial charge on any atom is 0.254 e. The third-order valence-electron chi connectivity index (χ3n) is 4.11. The average Bonchev–Trinajstić information content (AvgIpc) is 3.08. The molecular formula is C16H20N4O2S. The molecule has 1 aliphatic heterocycles. The molecule has 2 heterocycles. The number of amides is 1. The SMILES string of the molecule is COc1cc(C(=O)N2CCN(Cc3csnn3)CC2)ccc1C. The van der Waals surface area contributed by atoms with Crippen molar-refractivity contribution in [3.05, 3.63) is 40.4 Å². The van der Waals surface area contributed by atoms with E-state index in [1.807, 2.05) is 35.4 Å². The van der Waals surface area contributed by atoms with Crippen LogP contribution in [-0.4, -0.2) is 58.6 Å². The lowest BCUT2D eigenvalue weighted by atomic mass is 10.1. The summed E-state index contributed by atoms with van der Waals surface area (Å²) in [6.45, 7) is 5.94. The Kier molecular flexibility index (Phi) is 4.88. The number of aromatic nitrogens is 2. The Morgan fingerprint density at radius 3 is 2.74 bits per heavy atom. The summed E-state index contributed by atoms with van der Waals surface area (Å²) in [5, 5.41) is 6.04. The zero-order chi connectivity index (χ0) is 16.2. The minimum absolute atomic E-state index is 0.0678. The number of nitrogens with zero attached hydrogens (tertiary/aromatic N) is 4. The minimum Gasteiger partial charge on any atom is -0.496 e. The summed E-state index contributed by atoms with van der Waals surface area (Å²) >= 11 is 1.37. The van der Waals surface area contributed by atoms with Crippen LogP contribution in [-0.2, 0) is 6.54 Å². The van der Waals surface area contributed by atoms with Gasteiger partial charge in [-0.25, -0.2) is 0 Å². The van der Waals surface area contributed by atoms with Gasteiger partial charge in [0.1, 0.15) is 5.75 Å². The molecule has 0 atom stereocenters. The molecule has 1 aromatic heterocycles. The lowest BCUT2D eigenvalue weighted by Gasteiger charge is -2.34. The highest BCUT2D eigenvalue weighted by Crippen LogP contribution is 2.20. The molecular weight excluding hydrogens is 312 g/mol. The predicted octanol–water partition coefficient (Wildman–Crippen LogP) is 1.81. The second-order valence-electron chi connectivity index (χ2n) is 5.65. The third-order valence-corrected chi connectivity index (χ3v) is 4.66. The zero-order valence-electron chi connectivity index (χ0n) is 13.4. The van der Waals surface area contributed by atoms with Gasteiger partial charge in [0.05, 0.1) is 12.8 Å². The number of aryl methyl sites for hydroxylation is 1. The minimum atomic E-state index is 0.0678. The summed E-state index contributed by atoms with van der Waals surface area (Å²) < 4.78 is 9.19. The van der Waals surface area contributed by atoms with Gasteiger partial charge in [0.15, 0.2) is 0 Å². The molecule has 0 spiro atoms. The van der Waals surface area contributed by atoms with E-state index in [9.17, 15) is 4.79 Å². The highest BCUT2D eigenvalue weighted by molar-refractivity contribution is 7.03. The molecule has 0 aliphatic carbocycles. The molecule has 0 bridgehead atoms. The van der Waals surface area contributed by atoms with Gasteiger partial charge in [-0.15, -0.1) is 5.10 Å². The maximum absolute atomic E-state index is 12.6. The number of hydrogen-bond donors (Lipinski definition) is 0. The largest absolute Gasteiger partial charge is 0.496 e. The summed E-state index contributed by atoms with van der Waals surface area (Å²) in [5.74, 6) is 0.823.